The number of aliphatic hydroxyl groups is 2. The van der Waals surface area contributed by atoms with Crippen molar-refractivity contribution in [3.63, 3.8) is 0 Å². The van der Waals surface area contributed by atoms with Crippen LogP contribution < -0.4 is 0 Å². The lowest BCUT2D eigenvalue weighted by atomic mass is 9.78. The zero-order valence-corrected chi connectivity index (χ0v) is 8.37. The van der Waals surface area contributed by atoms with E-state index in [0.717, 1.165) is 0 Å². The molecule has 1 saturated carbocycles. The van der Waals surface area contributed by atoms with E-state index in [-0.39, 0.29) is 35.6 Å². The summed E-state index contributed by atoms with van der Waals surface area (Å²) in [6.07, 6.45) is -1.70. The van der Waals surface area contributed by atoms with Crippen molar-refractivity contribution in [1.82, 2.24) is 0 Å². The summed E-state index contributed by atoms with van der Waals surface area (Å²) >= 11 is 0. The molecule has 0 aromatic heterocycles. The second-order valence-electron chi connectivity index (χ2n) is 5.20. The second-order valence-corrected chi connectivity index (χ2v) is 5.20. The highest BCUT2D eigenvalue weighted by atomic mass is 16.7. The van der Waals surface area contributed by atoms with Gasteiger partial charge in [-0.3, -0.25) is 0 Å². The normalized spacial score (nSPS) is 70.2. The summed E-state index contributed by atoms with van der Waals surface area (Å²) in [6, 6.07) is 0. The number of rotatable bonds is 0. The Bertz CT molecular complexity index is 319. The summed E-state index contributed by atoms with van der Waals surface area (Å²) in [7, 11) is 0. The van der Waals surface area contributed by atoms with Gasteiger partial charge in [-0.25, -0.2) is 0 Å². The Morgan fingerprint density at radius 3 is 2.87 bits per heavy atom. The van der Waals surface area contributed by atoms with Crippen molar-refractivity contribution in [2.45, 2.75) is 37.3 Å². The largest absolute Gasteiger partial charge is 0.375 e. The average Bonchev–Trinajstić information content (AvgIpc) is 2.57. The van der Waals surface area contributed by atoms with Crippen molar-refractivity contribution >= 4 is 0 Å². The van der Waals surface area contributed by atoms with Crippen LogP contribution in [0.1, 0.15) is 6.92 Å². The lowest BCUT2D eigenvalue weighted by molar-refractivity contribution is -0.293. The molecule has 84 valence electrons. The van der Waals surface area contributed by atoms with Gasteiger partial charge in [-0.05, 0) is 6.92 Å². The summed E-state index contributed by atoms with van der Waals surface area (Å²) in [6.45, 7) is 2.50. The highest BCUT2D eigenvalue weighted by Gasteiger charge is 2.77. The molecular weight excluding hydrogens is 200 g/mol. The van der Waals surface area contributed by atoms with Gasteiger partial charge >= 0.3 is 0 Å². The number of aliphatic hydroxyl groups excluding tert-OH is 2. The van der Waals surface area contributed by atoms with Gasteiger partial charge in [-0.2, -0.15) is 0 Å². The Morgan fingerprint density at radius 1 is 1.27 bits per heavy atom. The molecule has 5 nitrogen and oxygen atoms in total. The van der Waals surface area contributed by atoms with Crippen molar-refractivity contribution in [1.29, 1.82) is 0 Å². The fourth-order valence-electron chi connectivity index (χ4n) is 3.81. The van der Waals surface area contributed by atoms with Crippen molar-refractivity contribution in [2.24, 2.45) is 17.8 Å². The molecule has 0 radical (unpaired) electrons. The van der Waals surface area contributed by atoms with E-state index in [1.54, 1.807) is 0 Å². The molecule has 0 unspecified atom stereocenters. The monoisotopic (exact) mass is 214 g/mol. The minimum absolute atomic E-state index is 0.00313. The first-order valence-electron chi connectivity index (χ1n) is 5.44. The maximum Gasteiger partial charge on any atom is 0.163 e. The molecule has 0 spiro atoms. The van der Waals surface area contributed by atoms with E-state index >= 15 is 0 Å². The molecule has 4 aliphatic rings. The highest BCUT2D eigenvalue weighted by Crippen LogP contribution is 2.64. The van der Waals surface area contributed by atoms with Crippen molar-refractivity contribution in [3.05, 3.63) is 0 Å². The van der Waals surface area contributed by atoms with Gasteiger partial charge in [0.05, 0.1) is 12.7 Å². The number of hydrogen-bond acceptors (Lipinski definition) is 5. The van der Waals surface area contributed by atoms with E-state index in [4.69, 9.17) is 14.2 Å². The molecule has 1 aliphatic carbocycles. The first kappa shape index (κ1) is 8.90. The number of fused-ring (bicyclic) bond motifs is 3. The minimum atomic E-state index is -0.928. The molecule has 0 amide bonds. The molecule has 3 saturated heterocycles. The van der Waals surface area contributed by atoms with Crippen LogP contribution in [0.4, 0.5) is 0 Å². The lowest BCUT2D eigenvalue weighted by Crippen LogP contribution is -2.50. The summed E-state index contributed by atoms with van der Waals surface area (Å²) in [5.74, 6) is 0.132. The van der Waals surface area contributed by atoms with Crippen LogP contribution in [-0.4, -0.2) is 47.2 Å². The molecule has 0 aromatic rings. The van der Waals surface area contributed by atoms with Crippen LogP contribution in [0.3, 0.4) is 0 Å². The Balaban J connectivity index is 1.77. The summed E-state index contributed by atoms with van der Waals surface area (Å²) in [5, 5.41) is 19.6. The molecule has 3 heterocycles. The summed E-state index contributed by atoms with van der Waals surface area (Å²) in [4.78, 5) is 0. The standard InChI is InChI=1S/C10H14O5/c1-10-5-4-3(8(11)14-9(5)12)2-13-6(4)7(10)15-10/h3-9,11-12H,2H2,1H3/t3-,4+,5+,6+,7+,8+,9+,10-/m0/s1. The van der Waals surface area contributed by atoms with Crippen LogP contribution in [-0.2, 0) is 14.2 Å². The van der Waals surface area contributed by atoms with E-state index in [2.05, 4.69) is 0 Å². The van der Waals surface area contributed by atoms with Gasteiger partial charge in [-0.15, -0.1) is 0 Å². The third-order valence-corrected chi connectivity index (χ3v) is 4.57. The molecule has 8 atom stereocenters. The van der Waals surface area contributed by atoms with Crippen molar-refractivity contribution in [2.75, 3.05) is 6.61 Å². The Labute approximate surface area is 86.9 Å². The van der Waals surface area contributed by atoms with Crippen molar-refractivity contribution in [3.8, 4) is 0 Å². The van der Waals surface area contributed by atoms with Gasteiger partial charge in [0.2, 0.25) is 0 Å². The van der Waals surface area contributed by atoms with Crippen LogP contribution >= 0.6 is 0 Å². The van der Waals surface area contributed by atoms with Gasteiger partial charge in [0.15, 0.2) is 12.6 Å². The van der Waals surface area contributed by atoms with Crippen LogP contribution in [0, 0.1) is 17.8 Å². The van der Waals surface area contributed by atoms with Gasteiger partial charge < -0.3 is 24.4 Å². The fraction of sp³-hybridized carbons (Fsp3) is 1.00. The maximum atomic E-state index is 9.86. The SMILES string of the molecule is C[C@@]12O[C@@H]1[C@@H]1OC[C@H]3[C@@H]1[C@@H]2[C@H](O)O[C@H]3O. The predicted octanol–water partition coefficient (Wildman–Crippen LogP) is -0.928. The molecule has 0 bridgehead atoms. The van der Waals surface area contributed by atoms with Crippen LogP contribution in [0.15, 0.2) is 0 Å². The topological polar surface area (TPSA) is 71.5 Å². The van der Waals surface area contributed by atoms with E-state index < -0.39 is 12.6 Å². The molecule has 15 heavy (non-hydrogen) atoms. The Hall–Kier alpha value is -0.200. The molecule has 0 aromatic carbocycles. The second kappa shape index (κ2) is 2.38. The first-order valence-corrected chi connectivity index (χ1v) is 5.44. The fourth-order valence-corrected chi connectivity index (χ4v) is 3.81. The zero-order chi connectivity index (χ0) is 10.4. The summed E-state index contributed by atoms with van der Waals surface area (Å²) < 4.78 is 16.4. The van der Waals surface area contributed by atoms with E-state index in [1.807, 2.05) is 6.92 Å². The third-order valence-electron chi connectivity index (χ3n) is 4.57. The van der Waals surface area contributed by atoms with Gasteiger partial charge in [0, 0.05) is 17.8 Å². The predicted molar refractivity (Wildman–Crippen MR) is 46.6 cm³/mol. The minimum Gasteiger partial charge on any atom is -0.375 e. The smallest absolute Gasteiger partial charge is 0.163 e. The third kappa shape index (κ3) is 0.841. The van der Waals surface area contributed by atoms with Crippen LogP contribution in [0.25, 0.3) is 0 Å². The van der Waals surface area contributed by atoms with E-state index in [9.17, 15) is 10.2 Å². The van der Waals surface area contributed by atoms with Gasteiger partial charge in [0.1, 0.15) is 11.7 Å². The number of epoxide rings is 1. The molecule has 3 aliphatic heterocycles. The molecule has 4 fully saturated rings. The number of ether oxygens (including phenoxy) is 3. The molecule has 5 heteroatoms. The van der Waals surface area contributed by atoms with Gasteiger partial charge in [0.25, 0.3) is 0 Å². The molecule has 4 rings (SSSR count). The highest BCUT2D eigenvalue weighted by molar-refractivity contribution is 5.22. The Morgan fingerprint density at radius 2 is 2.07 bits per heavy atom. The van der Waals surface area contributed by atoms with E-state index in [1.165, 1.54) is 0 Å². The first-order chi connectivity index (χ1) is 7.13. The van der Waals surface area contributed by atoms with E-state index in [0.29, 0.717) is 6.61 Å². The molecule has 2 N–H and O–H groups in total. The van der Waals surface area contributed by atoms with Crippen LogP contribution in [0.2, 0.25) is 0 Å². The quantitative estimate of drug-likeness (QED) is 0.510. The lowest BCUT2D eigenvalue weighted by Gasteiger charge is -2.39. The molecular formula is C10H14O5. The number of hydrogen-bond donors (Lipinski definition) is 2. The van der Waals surface area contributed by atoms with Gasteiger partial charge in [-0.1, -0.05) is 0 Å². The van der Waals surface area contributed by atoms with Crippen LogP contribution in [0.5, 0.6) is 0 Å². The van der Waals surface area contributed by atoms with Crippen molar-refractivity contribution < 1.29 is 24.4 Å². The zero-order valence-electron chi connectivity index (χ0n) is 8.37. The average molecular weight is 214 g/mol. The Kier molecular flexibility index (Phi) is 1.41. The maximum absolute atomic E-state index is 9.86. The summed E-state index contributed by atoms with van der Waals surface area (Å²) in [5.41, 5.74) is -0.298.